The van der Waals surface area contributed by atoms with Gasteiger partial charge in [-0.2, -0.15) is 4.98 Å². The molecular formula is C24H26N4S. The van der Waals surface area contributed by atoms with Crippen LogP contribution in [0, 0.1) is 0 Å². The van der Waals surface area contributed by atoms with Gasteiger partial charge in [-0.1, -0.05) is 74.2 Å². The standard InChI is InChI=1S/C24H26N4S/c1-3-17(2)29-22-15-9-4-10-18(22)16-25-24-27-21-14-8-7-13-20(21)23(28-24)26-19-11-5-6-12-19/h3-4,7-10,13-15,19H,1-2,5-6,11-12,16H2,(H2,25,26,27,28). The molecule has 1 aliphatic carbocycles. The lowest BCUT2D eigenvalue weighted by atomic mass is 10.2. The maximum atomic E-state index is 4.81. The van der Waals surface area contributed by atoms with E-state index in [1.54, 1.807) is 17.8 Å². The summed E-state index contributed by atoms with van der Waals surface area (Å²) in [7, 11) is 0. The number of anilines is 2. The molecule has 0 amide bonds. The van der Waals surface area contributed by atoms with Crippen LogP contribution in [0.2, 0.25) is 0 Å². The molecule has 1 aliphatic rings. The average molecular weight is 403 g/mol. The Morgan fingerprint density at radius 2 is 1.83 bits per heavy atom. The van der Waals surface area contributed by atoms with Gasteiger partial charge in [-0.05, 0) is 36.6 Å². The summed E-state index contributed by atoms with van der Waals surface area (Å²) in [5, 5.41) is 8.14. The minimum Gasteiger partial charge on any atom is -0.367 e. The van der Waals surface area contributed by atoms with Crippen molar-refractivity contribution in [2.24, 2.45) is 0 Å². The molecule has 0 saturated heterocycles. The highest BCUT2D eigenvalue weighted by molar-refractivity contribution is 8.03. The first-order chi connectivity index (χ1) is 14.2. The second-order valence-corrected chi connectivity index (χ2v) is 8.44. The average Bonchev–Trinajstić information content (AvgIpc) is 3.26. The first kappa shape index (κ1) is 19.5. The third-order valence-corrected chi connectivity index (χ3v) is 6.22. The largest absolute Gasteiger partial charge is 0.367 e. The molecule has 4 rings (SSSR count). The van der Waals surface area contributed by atoms with Crippen molar-refractivity contribution in [3.63, 3.8) is 0 Å². The minimum atomic E-state index is 0.503. The van der Waals surface area contributed by atoms with Gasteiger partial charge in [0.2, 0.25) is 5.95 Å². The van der Waals surface area contributed by atoms with E-state index in [-0.39, 0.29) is 0 Å². The van der Waals surface area contributed by atoms with Crippen LogP contribution in [0.15, 0.2) is 77.6 Å². The number of fused-ring (bicyclic) bond motifs is 1. The van der Waals surface area contributed by atoms with Crippen molar-refractivity contribution >= 4 is 34.4 Å². The van der Waals surface area contributed by atoms with Crippen LogP contribution in [0.3, 0.4) is 0 Å². The van der Waals surface area contributed by atoms with Crippen molar-refractivity contribution in [1.29, 1.82) is 0 Å². The maximum absolute atomic E-state index is 4.81. The number of nitrogens with zero attached hydrogens (tertiary/aromatic N) is 2. The van der Waals surface area contributed by atoms with Crippen molar-refractivity contribution in [2.75, 3.05) is 10.6 Å². The van der Waals surface area contributed by atoms with Gasteiger partial charge in [-0.3, -0.25) is 0 Å². The third-order valence-electron chi connectivity index (χ3n) is 5.18. The molecule has 2 N–H and O–H groups in total. The molecule has 148 valence electrons. The SMILES string of the molecule is C=CC(=C)Sc1ccccc1CNc1nc(NC2CCCC2)c2ccccc2n1. The summed E-state index contributed by atoms with van der Waals surface area (Å²) in [6, 6.07) is 17.0. The van der Waals surface area contributed by atoms with Crippen LogP contribution in [0.5, 0.6) is 0 Å². The Hall–Kier alpha value is -2.79. The molecule has 2 aromatic carbocycles. The summed E-state index contributed by atoms with van der Waals surface area (Å²) in [5.41, 5.74) is 2.13. The molecule has 1 aromatic heterocycles. The smallest absolute Gasteiger partial charge is 0.225 e. The molecule has 0 spiro atoms. The summed E-state index contributed by atoms with van der Waals surface area (Å²) in [6.07, 6.45) is 6.77. The highest BCUT2D eigenvalue weighted by Gasteiger charge is 2.17. The van der Waals surface area contributed by atoms with Crippen molar-refractivity contribution in [2.45, 2.75) is 43.2 Å². The Balaban J connectivity index is 1.57. The van der Waals surface area contributed by atoms with Gasteiger partial charge in [-0.25, -0.2) is 4.98 Å². The fraction of sp³-hybridized carbons (Fsp3) is 0.250. The zero-order valence-electron chi connectivity index (χ0n) is 16.5. The first-order valence-corrected chi connectivity index (χ1v) is 10.9. The molecule has 5 heteroatoms. The summed E-state index contributed by atoms with van der Waals surface area (Å²) in [6.45, 7) is 8.46. The number of rotatable bonds is 8. The van der Waals surface area contributed by atoms with Crippen LogP contribution in [-0.4, -0.2) is 16.0 Å². The molecule has 1 saturated carbocycles. The van der Waals surface area contributed by atoms with E-state index in [4.69, 9.17) is 9.97 Å². The molecular weight excluding hydrogens is 376 g/mol. The molecule has 0 radical (unpaired) electrons. The van der Waals surface area contributed by atoms with E-state index in [0.29, 0.717) is 18.5 Å². The molecule has 29 heavy (non-hydrogen) atoms. The molecule has 3 aromatic rings. The lowest BCUT2D eigenvalue weighted by molar-refractivity contribution is 0.751. The van der Waals surface area contributed by atoms with E-state index in [2.05, 4.69) is 42.0 Å². The summed E-state index contributed by atoms with van der Waals surface area (Å²) >= 11 is 1.63. The summed E-state index contributed by atoms with van der Waals surface area (Å²) < 4.78 is 0. The number of para-hydroxylation sites is 1. The monoisotopic (exact) mass is 402 g/mol. The fourth-order valence-electron chi connectivity index (χ4n) is 3.64. The summed E-state index contributed by atoms with van der Waals surface area (Å²) in [5.74, 6) is 1.57. The van der Waals surface area contributed by atoms with E-state index in [0.717, 1.165) is 26.5 Å². The highest BCUT2D eigenvalue weighted by atomic mass is 32.2. The van der Waals surface area contributed by atoms with E-state index >= 15 is 0 Å². The molecule has 1 fully saturated rings. The predicted octanol–water partition coefficient (Wildman–Crippen LogP) is 6.39. The number of aromatic nitrogens is 2. The van der Waals surface area contributed by atoms with Crippen molar-refractivity contribution in [1.82, 2.24) is 9.97 Å². The Kier molecular flexibility index (Phi) is 6.15. The zero-order chi connectivity index (χ0) is 20.1. The number of allylic oxidation sites excluding steroid dienone is 1. The van der Waals surface area contributed by atoms with E-state index in [1.165, 1.54) is 31.2 Å². The molecule has 0 aliphatic heterocycles. The Morgan fingerprint density at radius 3 is 2.66 bits per heavy atom. The van der Waals surface area contributed by atoms with Gasteiger partial charge < -0.3 is 10.6 Å². The number of thioether (sulfide) groups is 1. The van der Waals surface area contributed by atoms with Crippen molar-refractivity contribution in [3.8, 4) is 0 Å². The zero-order valence-corrected chi connectivity index (χ0v) is 17.3. The van der Waals surface area contributed by atoms with Gasteiger partial charge in [0.1, 0.15) is 5.82 Å². The number of hydrogen-bond donors (Lipinski definition) is 2. The Labute approximate surface area is 176 Å². The Morgan fingerprint density at radius 1 is 1.07 bits per heavy atom. The van der Waals surface area contributed by atoms with Crippen LogP contribution >= 0.6 is 11.8 Å². The van der Waals surface area contributed by atoms with Gasteiger partial charge in [0, 0.05) is 27.8 Å². The lowest BCUT2D eigenvalue weighted by Crippen LogP contribution is -2.17. The maximum Gasteiger partial charge on any atom is 0.225 e. The van der Waals surface area contributed by atoms with Gasteiger partial charge in [0.15, 0.2) is 0 Å². The first-order valence-electron chi connectivity index (χ1n) is 10.1. The molecule has 0 bridgehead atoms. The minimum absolute atomic E-state index is 0.503. The highest BCUT2D eigenvalue weighted by Crippen LogP contribution is 2.30. The molecule has 0 unspecified atom stereocenters. The van der Waals surface area contributed by atoms with Gasteiger partial charge in [0.05, 0.1) is 5.52 Å². The lowest BCUT2D eigenvalue weighted by Gasteiger charge is -2.16. The van der Waals surface area contributed by atoms with Crippen LogP contribution < -0.4 is 10.6 Å². The number of hydrogen-bond acceptors (Lipinski definition) is 5. The van der Waals surface area contributed by atoms with Gasteiger partial charge in [-0.15, -0.1) is 0 Å². The van der Waals surface area contributed by atoms with Crippen LogP contribution in [0.25, 0.3) is 10.9 Å². The predicted molar refractivity (Wildman–Crippen MR) is 124 cm³/mol. The normalized spacial score (nSPS) is 14.1. The quantitative estimate of drug-likeness (QED) is 0.338. The molecule has 0 atom stereocenters. The molecule has 1 heterocycles. The topological polar surface area (TPSA) is 49.8 Å². The van der Waals surface area contributed by atoms with Crippen LogP contribution in [-0.2, 0) is 6.54 Å². The summed E-state index contributed by atoms with van der Waals surface area (Å²) in [4.78, 5) is 11.6. The van der Waals surface area contributed by atoms with Crippen molar-refractivity contribution in [3.05, 3.63) is 78.2 Å². The third kappa shape index (κ3) is 4.80. The van der Waals surface area contributed by atoms with E-state index < -0.39 is 0 Å². The van der Waals surface area contributed by atoms with Crippen molar-refractivity contribution < 1.29 is 0 Å². The van der Waals surface area contributed by atoms with E-state index in [9.17, 15) is 0 Å². The fourth-order valence-corrected chi connectivity index (χ4v) is 4.42. The van der Waals surface area contributed by atoms with Crippen LogP contribution in [0.1, 0.15) is 31.2 Å². The Bertz CT molecular complexity index is 1020. The van der Waals surface area contributed by atoms with Gasteiger partial charge in [0.25, 0.3) is 0 Å². The second kappa shape index (κ2) is 9.14. The number of nitrogens with one attached hydrogen (secondary N) is 2. The van der Waals surface area contributed by atoms with Crippen LogP contribution in [0.4, 0.5) is 11.8 Å². The second-order valence-electron chi connectivity index (χ2n) is 7.27. The number of benzene rings is 2. The van der Waals surface area contributed by atoms with E-state index in [1.807, 2.05) is 30.3 Å². The van der Waals surface area contributed by atoms with Gasteiger partial charge >= 0.3 is 0 Å². The molecule has 4 nitrogen and oxygen atoms in total.